The number of nitrogens with one attached hydrogen (secondary N) is 1. The van der Waals surface area contributed by atoms with Gasteiger partial charge in [-0.25, -0.2) is 13.2 Å². The number of amides is 1. The Hall–Kier alpha value is -1.64. The van der Waals surface area contributed by atoms with Crippen molar-refractivity contribution in [1.29, 1.82) is 0 Å². The third-order valence-electron chi connectivity index (χ3n) is 3.34. The Labute approximate surface area is 139 Å². The Kier molecular flexibility index (Phi) is 5.28. The highest BCUT2D eigenvalue weighted by Gasteiger charge is 2.36. The van der Waals surface area contributed by atoms with Gasteiger partial charge in [0, 0.05) is 6.04 Å². The van der Waals surface area contributed by atoms with Gasteiger partial charge in [0.1, 0.15) is 0 Å². The number of hydrogen-bond acceptors (Lipinski definition) is 5. The van der Waals surface area contributed by atoms with Crippen LogP contribution < -0.4 is 5.32 Å². The fraction of sp³-hybridized carbons (Fsp3) is 0.429. The molecule has 1 saturated carbocycles. The lowest BCUT2D eigenvalue weighted by Gasteiger charge is -2.19. The second-order valence-electron chi connectivity index (χ2n) is 5.27. The molecule has 0 unspecified atom stereocenters. The first-order chi connectivity index (χ1) is 10.7. The van der Waals surface area contributed by atoms with E-state index in [9.17, 15) is 18.0 Å². The molecule has 0 aliphatic heterocycles. The number of rotatable bonds is 6. The van der Waals surface area contributed by atoms with E-state index in [1.807, 2.05) is 0 Å². The average Bonchev–Trinajstić information content (AvgIpc) is 3.29. The molecule has 9 heteroatoms. The molecule has 0 aromatic heterocycles. The lowest BCUT2D eigenvalue weighted by atomic mass is 10.2. The van der Waals surface area contributed by atoms with Gasteiger partial charge in [-0.05, 0) is 31.0 Å². The van der Waals surface area contributed by atoms with Crippen LogP contribution in [0.5, 0.6) is 0 Å². The van der Waals surface area contributed by atoms with Crippen molar-refractivity contribution >= 4 is 39.2 Å². The predicted octanol–water partition coefficient (Wildman–Crippen LogP) is 1.49. The summed E-state index contributed by atoms with van der Waals surface area (Å²) in [6.45, 7) is -0.289. The van der Waals surface area contributed by atoms with Crippen molar-refractivity contribution in [3.05, 3.63) is 28.8 Å². The molecule has 126 valence electrons. The van der Waals surface area contributed by atoms with Crippen molar-refractivity contribution in [2.75, 3.05) is 25.2 Å². The van der Waals surface area contributed by atoms with Gasteiger partial charge in [0.15, 0.2) is 0 Å². The van der Waals surface area contributed by atoms with E-state index >= 15 is 0 Å². The van der Waals surface area contributed by atoms with Crippen LogP contribution in [-0.2, 0) is 19.6 Å². The van der Waals surface area contributed by atoms with Crippen molar-refractivity contribution in [3.8, 4) is 0 Å². The first kappa shape index (κ1) is 17.7. The van der Waals surface area contributed by atoms with Crippen LogP contribution in [0.25, 0.3) is 0 Å². The Balaban J connectivity index is 2.12. The molecular weight excluding hydrogens is 344 g/mol. The molecule has 23 heavy (non-hydrogen) atoms. The van der Waals surface area contributed by atoms with E-state index in [0.29, 0.717) is 0 Å². The van der Waals surface area contributed by atoms with Gasteiger partial charge in [-0.15, -0.1) is 0 Å². The Morgan fingerprint density at radius 3 is 2.57 bits per heavy atom. The van der Waals surface area contributed by atoms with Crippen LogP contribution in [0.3, 0.4) is 0 Å². The topological polar surface area (TPSA) is 92.8 Å². The van der Waals surface area contributed by atoms with Gasteiger partial charge in [0.2, 0.25) is 15.9 Å². The summed E-state index contributed by atoms with van der Waals surface area (Å²) in [6, 6.07) is 4.19. The van der Waals surface area contributed by atoms with E-state index in [-0.39, 0.29) is 28.9 Å². The molecule has 1 aromatic carbocycles. The Morgan fingerprint density at radius 1 is 1.39 bits per heavy atom. The smallest absolute Gasteiger partial charge is 0.337 e. The largest absolute Gasteiger partial charge is 0.465 e. The molecule has 1 aromatic rings. The number of benzene rings is 1. The molecule has 0 saturated heterocycles. The molecule has 1 fully saturated rings. The van der Waals surface area contributed by atoms with E-state index < -0.39 is 21.9 Å². The number of carbonyl (C=O) groups excluding carboxylic acids is 2. The number of halogens is 1. The number of hydrogen-bond donors (Lipinski definition) is 1. The summed E-state index contributed by atoms with van der Waals surface area (Å²) in [4.78, 5) is 23.6. The van der Waals surface area contributed by atoms with Crippen LogP contribution in [0, 0.1) is 0 Å². The van der Waals surface area contributed by atoms with Crippen LogP contribution in [-0.4, -0.2) is 50.6 Å². The van der Waals surface area contributed by atoms with Gasteiger partial charge in [-0.3, -0.25) is 4.79 Å². The quantitative estimate of drug-likeness (QED) is 0.776. The monoisotopic (exact) mass is 360 g/mol. The molecule has 0 bridgehead atoms. The third kappa shape index (κ3) is 4.66. The molecule has 7 nitrogen and oxygen atoms in total. The number of ether oxygens (including phenoxy) is 1. The van der Waals surface area contributed by atoms with Crippen molar-refractivity contribution in [3.63, 3.8) is 0 Å². The molecule has 1 aliphatic carbocycles. The van der Waals surface area contributed by atoms with Gasteiger partial charge in [-0.1, -0.05) is 11.6 Å². The molecule has 0 atom stereocenters. The highest BCUT2D eigenvalue weighted by atomic mass is 35.5. The number of esters is 1. The van der Waals surface area contributed by atoms with Gasteiger partial charge < -0.3 is 10.1 Å². The van der Waals surface area contributed by atoms with Crippen molar-refractivity contribution in [2.45, 2.75) is 18.9 Å². The van der Waals surface area contributed by atoms with Gasteiger partial charge in [-0.2, -0.15) is 4.31 Å². The van der Waals surface area contributed by atoms with E-state index in [2.05, 4.69) is 10.1 Å². The Bertz CT molecular complexity index is 731. The summed E-state index contributed by atoms with van der Waals surface area (Å²) in [5, 5.41) is 2.77. The molecule has 0 spiro atoms. The minimum Gasteiger partial charge on any atom is -0.465 e. The summed E-state index contributed by atoms with van der Waals surface area (Å²) in [6.07, 6.45) is 2.57. The standard InChI is InChI=1S/C14H17ClN2O5S/c1-22-14(19)9-3-6-11(15)12(7-9)16-13(18)8-17(10-4-5-10)23(2,20)21/h3,6-7,10H,4-5,8H2,1-2H3,(H,16,18). The molecule has 1 amide bonds. The highest BCUT2D eigenvalue weighted by molar-refractivity contribution is 7.88. The second kappa shape index (κ2) is 6.86. The van der Waals surface area contributed by atoms with Crippen molar-refractivity contribution < 1.29 is 22.7 Å². The van der Waals surface area contributed by atoms with Gasteiger partial charge in [0.05, 0.1) is 36.2 Å². The first-order valence-corrected chi connectivity index (χ1v) is 9.09. The van der Waals surface area contributed by atoms with Gasteiger partial charge in [0.25, 0.3) is 0 Å². The zero-order valence-electron chi connectivity index (χ0n) is 12.7. The SMILES string of the molecule is COC(=O)c1ccc(Cl)c(NC(=O)CN(C2CC2)S(C)(=O)=O)c1. The maximum Gasteiger partial charge on any atom is 0.337 e. The fourth-order valence-electron chi connectivity index (χ4n) is 2.08. The maximum absolute atomic E-state index is 12.1. The van der Waals surface area contributed by atoms with Crippen molar-refractivity contribution in [2.24, 2.45) is 0 Å². The van der Waals surface area contributed by atoms with Crippen molar-refractivity contribution in [1.82, 2.24) is 4.31 Å². The second-order valence-corrected chi connectivity index (χ2v) is 7.62. The number of sulfonamides is 1. The number of methoxy groups -OCH3 is 1. The molecule has 1 aliphatic rings. The number of anilines is 1. The summed E-state index contributed by atoms with van der Waals surface area (Å²) in [5.74, 6) is -1.08. The maximum atomic E-state index is 12.1. The zero-order chi connectivity index (χ0) is 17.2. The summed E-state index contributed by atoms with van der Waals surface area (Å²) in [5.41, 5.74) is 0.457. The van der Waals surface area contributed by atoms with E-state index in [1.54, 1.807) is 0 Å². The third-order valence-corrected chi connectivity index (χ3v) is 4.95. The first-order valence-electron chi connectivity index (χ1n) is 6.87. The average molecular weight is 361 g/mol. The van der Waals surface area contributed by atoms with Crippen LogP contribution in [0.2, 0.25) is 5.02 Å². The molecule has 2 rings (SSSR count). The molecule has 0 heterocycles. The molecule has 0 radical (unpaired) electrons. The van der Waals surface area contributed by atoms with E-state index in [0.717, 1.165) is 19.1 Å². The van der Waals surface area contributed by atoms with Crippen LogP contribution in [0.15, 0.2) is 18.2 Å². The predicted molar refractivity (Wildman–Crippen MR) is 86.0 cm³/mol. The lowest BCUT2D eigenvalue weighted by molar-refractivity contribution is -0.116. The van der Waals surface area contributed by atoms with Crippen LogP contribution in [0.4, 0.5) is 5.69 Å². The molecular formula is C14H17ClN2O5S. The summed E-state index contributed by atoms with van der Waals surface area (Å²) >= 11 is 5.99. The summed E-state index contributed by atoms with van der Waals surface area (Å²) < 4.78 is 29.2. The lowest BCUT2D eigenvalue weighted by Crippen LogP contribution is -2.38. The van der Waals surface area contributed by atoms with E-state index in [4.69, 9.17) is 11.6 Å². The van der Waals surface area contributed by atoms with Crippen LogP contribution >= 0.6 is 11.6 Å². The number of carbonyl (C=O) groups is 2. The molecule has 1 N–H and O–H groups in total. The Morgan fingerprint density at radius 2 is 2.04 bits per heavy atom. The number of nitrogens with zero attached hydrogens (tertiary/aromatic N) is 1. The van der Waals surface area contributed by atoms with E-state index in [1.165, 1.54) is 29.6 Å². The zero-order valence-corrected chi connectivity index (χ0v) is 14.3. The summed E-state index contributed by atoms with van der Waals surface area (Å²) in [7, 11) is -2.21. The van der Waals surface area contributed by atoms with Crippen LogP contribution in [0.1, 0.15) is 23.2 Å². The fourth-order valence-corrected chi connectivity index (χ4v) is 3.35. The van der Waals surface area contributed by atoms with Gasteiger partial charge >= 0.3 is 5.97 Å². The minimum absolute atomic E-state index is 0.118. The minimum atomic E-state index is -3.46. The normalized spacial score (nSPS) is 14.6. The highest BCUT2D eigenvalue weighted by Crippen LogP contribution is 2.29.